The number of anilines is 1. The highest BCUT2D eigenvalue weighted by molar-refractivity contribution is 5.74. The highest BCUT2D eigenvalue weighted by Crippen LogP contribution is 2.31. The van der Waals surface area contributed by atoms with Gasteiger partial charge in [0.05, 0.1) is 24.3 Å². The van der Waals surface area contributed by atoms with E-state index < -0.39 is 0 Å². The Morgan fingerprint density at radius 1 is 1.60 bits per heavy atom. The van der Waals surface area contributed by atoms with Crippen LogP contribution >= 0.6 is 0 Å². The molecule has 3 atom stereocenters. The van der Waals surface area contributed by atoms with Crippen molar-refractivity contribution in [2.75, 3.05) is 18.5 Å². The number of carbonyl (C=O) groups excluding carboxylic acids is 1. The third kappa shape index (κ3) is 2.81. The Kier molecular flexibility index (Phi) is 4.68. The van der Waals surface area contributed by atoms with Crippen LogP contribution in [0.5, 0.6) is 0 Å². The molecule has 0 bridgehead atoms. The molecule has 3 unspecified atom stereocenters. The lowest BCUT2D eigenvalue weighted by molar-refractivity contribution is -0.149. The summed E-state index contributed by atoms with van der Waals surface area (Å²) in [6.45, 7) is 9.30. The number of fused-ring (bicyclic) bond motifs is 1. The van der Waals surface area contributed by atoms with Gasteiger partial charge in [0.15, 0.2) is 0 Å². The second-order valence-electron chi connectivity index (χ2n) is 5.57. The lowest BCUT2D eigenvalue weighted by Gasteiger charge is -2.29. The van der Waals surface area contributed by atoms with E-state index >= 15 is 0 Å². The molecule has 0 fully saturated rings. The van der Waals surface area contributed by atoms with E-state index in [4.69, 9.17) is 4.74 Å². The number of carbonyl (C=O) groups is 1. The molecule has 5 nitrogen and oxygen atoms in total. The molecule has 0 spiro atoms. The molecule has 2 heterocycles. The Morgan fingerprint density at radius 2 is 2.35 bits per heavy atom. The van der Waals surface area contributed by atoms with E-state index in [1.165, 1.54) is 0 Å². The zero-order valence-corrected chi connectivity index (χ0v) is 12.8. The first kappa shape index (κ1) is 14.9. The Hall–Kier alpha value is -1.52. The van der Waals surface area contributed by atoms with Crippen molar-refractivity contribution < 1.29 is 9.53 Å². The van der Waals surface area contributed by atoms with Crippen molar-refractivity contribution in [2.24, 2.45) is 5.92 Å². The summed E-state index contributed by atoms with van der Waals surface area (Å²) in [5.74, 6) is 1.15. The fraction of sp³-hybridized carbons (Fsp3) is 0.733. The first-order valence-electron chi connectivity index (χ1n) is 7.58. The summed E-state index contributed by atoms with van der Waals surface area (Å²) in [4.78, 5) is 12.0. The number of hydrogen-bond acceptors (Lipinski definition) is 4. The molecule has 112 valence electrons. The minimum atomic E-state index is -0.170. The monoisotopic (exact) mass is 279 g/mol. The van der Waals surface area contributed by atoms with E-state index in [1.807, 2.05) is 18.5 Å². The smallest absolute Gasteiger partial charge is 0.312 e. The van der Waals surface area contributed by atoms with Gasteiger partial charge < -0.3 is 10.1 Å². The molecule has 0 aliphatic carbocycles. The van der Waals surface area contributed by atoms with Crippen LogP contribution < -0.4 is 5.32 Å². The van der Waals surface area contributed by atoms with Crippen molar-refractivity contribution in [3.8, 4) is 0 Å². The average Bonchev–Trinajstić information content (AvgIpc) is 2.84. The molecule has 1 N–H and O–H groups in total. The number of nitrogens with zero attached hydrogens (tertiary/aromatic N) is 2. The molecule has 1 aliphatic heterocycles. The largest absolute Gasteiger partial charge is 0.466 e. The minimum absolute atomic E-state index is 0.0351. The SMILES string of the molecule is CCCC(C)c1cc2n(n1)C(C)C(C(=O)OCC)CN2. The number of ether oxygens (including phenoxy) is 1. The van der Waals surface area contributed by atoms with Crippen molar-refractivity contribution in [2.45, 2.75) is 52.5 Å². The van der Waals surface area contributed by atoms with Gasteiger partial charge in [-0.3, -0.25) is 4.79 Å². The van der Waals surface area contributed by atoms with Crippen molar-refractivity contribution >= 4 is 11.8 Å². The van der Waals surface area contributed by atoms with Gasteiger partial charge in [-0.05, 0) is 20.3 Å². The number of hydrogen-bond donors (Lipinski definition) is 1. The Bertz CT molecular complexity index is 470. The van der Waals surface area contributed by atoms with Crippen molar-refractivity contribution in [3.05, 3.63) is 11.8 Å². The minimum Gasteiger partial charge on any atom is -0.466 e. The zero-order chi connectivity index (χ0) is 14.7. The van der Waals surface area contributed by atoms with Gasteiger partial charge in [-0.15, -0.1) is 0 Å². The second-order valence-corrected chi connectivity index (χ2v) is 5.57. The first-order chi connectivity index (χ1) is 9.58. The van der Waals surface area contributed by atoms with Crippen LogP contribution in [0.15, 0.2) is 6.07 Å². The summed E-state index contributed by atoms with van der Waals surface area (Å²) >= 11 is 0. The molecule has 2 rings (SSSR count). The highest BCUT2D eigenvalue weighted by atomic mass is 16.5. The van der Waals surface area contributed by atoms with Crippen LogP contribution in [0.1, 0.15) is 58.2 Å². The normalized spacial score (nSPS) is 22.8. The van der Waals surface area contributed by atoms with Crippen LogP contribution in [0.25, 0.3) is 0 Å². The van der Waals surface area contributed by atoms with Gasteiger partial charge in [0.25, 0.3) is 0 Å². The van der Waals surface area contributed by atoms with Gasteiger partial charge >= 0.3 is 5.97 Å². The maximum atomic E-state index is 12.0. The van der Waals surface area contributed by atoms with Gasteiger partial charge in [0.2, 0.25) is 0 Å². The third-order valence-corrected chi connectivity index (χ3v) is 4.04. The number of nitrogens with one attached hydrogen (secondary N) is 1. The van der Waals surface area contributed by atoms with Crippen LogP contribution in [-0.2, 0) is 9.53 Å². The number of rotatable bonds is 5. The summed E-state index contributed by atoms with van der Waals surface area (Å²) in [5, 5.41) is 7.99. The predicted molar refractivity (Wildman–Crippen MR) is 78.9 cm³/mol. The molecular formula is C15H25N3O2. The lowest BCUT2D eigenvalue weighted by atomic mass is 9.99. The third-order valence-electron chi connectivity index (χ3n) is 4.04. The van der Waals surface area contributed by atoms with E-state index in [1.54, 1.807) is 0 Å². The maximum Gasteiger partial charge on any atom is 0.312 e. The first-order valence-corrected chi connectivity index (χ1v) is 7.58. The fourth-order valence-corrected chi connectivity index (χ4v) is 2.76. The van der Waals surface area contributed by atoms with Crippen LogP contribution in [0, 0.1) is 5.92 Å². The molecule has 0 radical (unpaired) electrons. The summed E-state index contributed by atoms with van der Waals surface area (Å²) in [5.41, 5.74) is 1.10. The summed E-state index contributed by atoms with van der Waals surface area (Å²) in [6.07, 6.45) is 2.28. The lowest BCUT2D eigenvalue weighted by Crippen LogP contribution is -2.37. The quantitative estimate of drug-likeness (QED) is 0.842. The Labute approximate surface area is 120 Å². The van der Waals surface area contributed by atoms with Crippen molar-refractivity contribution in [3.63, 3.8) is 0 Å². The zero-order valence-electron chi connectivity index (χ0n) is 12.8. The second kappa shape index (κ2) is 6.29. The Balaban J connectivity index is 2.17. The average molecular weight is 279 g/mol. The molecular weight excluding hydrogens is 254 g/mol. The molecule has 20 heavy (non-hydrogen) atoms. The molecule has 1 aromatic heterocycles. The molecule has 0 saturated heterocycles. The standard InChI is InChI=1S/C15H25N3O2/c1-5-7-10(3)13-8-14-16-9-12(15(19)20-6-2)11(4)18(14)17-13/h8,10-12,16H,5-7,9H2,1-4H3. The fourth-order valence-electron chi connectivity index (χ4n) is 2.76. The molecule has 0 aromatic carbocycles. The van der Waals surface area contributed by atoms with Crippen molar-refractivity contribution in [1.82, 2.24) is 9.78 Å². The van der Waals surface area contributed by atoms with E-state index in [2.05, 4.69) is 30.3 Å². The number of esters is 1. The van der Waals surface area contributed by atoms with Gasteiger partial charge in [-0.25, -0.2) is 4.68 Å². The highest BCUT2D eigenvalue weighted by Gasteiger charge is 2.33. The molecule has 1 aliphatic rings. The molecule has 1 aromatic rings. The van der Waals surface area contributed by atoms with Crippen molar-refractivity contribution in [1.29, 1.82) is 0 Å². The van der Waals surface area contributed by atoms with E-state index in [9.17, 15) is 4.79 Å². The van der Waals surface area contributed by atoms with Gasteiger partial charge in [-0.2, -0.15) is 5.10 Å². The molecule has 0 saturated carbocycles. The summed E-state index contributed by atoms with van der Waals surface area (Å²) < 4.78 is 7.08. The van der Waals surface area contributed by atoms with Gasteiger partial charge in [0, 0.05) is 18.5 Å². The van der Waals surface area contributed by atoms with Crippen LogP contribution in [0.4, 0.5) is 5.82 Å². The topological polar surface area (TPSA) is 56.2 Å². The van der Waals surface area contributed by atoms with E-state index in [0.29, 0.717) is 19.1 Å². The van der Waals surface area contributed by atoms with Crippen LogP contribution in [-0.4, -0.2) is 28.9 Å². The number of aromatic nitrogens is 2. The van der Waals surface area contributed by atoms with Crippen LogP contribution in [0.2, 0.25) is 0 Å². The molecule has 0 amide bonds. The molecule has 5 heteroatoms. The van der Waals surface area contributed by atoms with E-state index in [0.717, 1.165) is 24.4 Å². The van der Waals surface area contributed by atoms with Gasteiger partial charge in [-0.1, -0.05) is 20.3 Å². The summed E-state index contributed by atoms with van der Waals surface area (Å²) in [7, 11) is 0. The predicted octanol–water partition coefficient (Wildman–Crippen LogP) is 2.95. The van der Waals surface area contributed by atoms with E-state index in [-0.39, 0.29) is 17.9 Å². The summed E-state index contributed by atoms with van der Waals surface area (Å²) in [6, 6.07) is 2.14. The Morgan fingerprint density at radius 3 is 3.00 bits per heavy atom. The van der Waals surface area contributed by atoms with Gasteiger partial charge in [0.1, 0.15) is 5.82 Å². The van der Waals surface area contributed by atoms with Crippen LogP contribution in [0.3, 0.4) is 0 Å². The maximum absolute atomic E-state index is 12.0.